The molecule has 1 aliphatic rings. The summed E-state index contributed by atoms with van der Waals surface area (Å²) in [5, 5.41) is 3.06. The predicted molar refractivity (Wildman–Crippen MR) is 150 cm³/mol. The normalized spacial score (nSPS) is 18.5. The van der Waals surface area contributed by atoms with Gasteiger partial charge in [0.2, 0.25) is 10.0 Å². The van der Waals surface area contributed by atoms with Crippen LogP contribution in [-0.4, -0.2) is 85.2 Å². The van der Waals surface area contributed by atoms with E-state index >= 15 is 0 Å². The number of methoxy groups -OCH3 is 2. The highest BCUT2D eigenvalue weighted by Crippen LogP contribution is 2.39. The number of hydrogen-bond donors (Lipinski definition) is 2. The van der Waals surface area contributed by atoms with Crippen LogP contribution in [0.5, 0.6) is 0 Å². The molecule has 2 aromatic rings. The number of rotatable bonds is 15. The van der Waals surface area contributed by atoms with Crippen LogP contribution in [0.3, 0.4) is 0 Å². The van der Waals surface area contributed by atoms with Gasteiger partial charge in [0.1, 0.15) is 11.6 Å². The van der Waals surface area contributed by atoms with Crippen LogP contribution in [-0.2, 0) is 25.9 Å². The van der Waals surface area contributed by atoms with Gasteiger partial charge in [0, 0.05) is 46.0 Å². The number of ether oxygens (including phenoxy) is 2. The zero-order chi connectivity index (χ0) is 27.9. The minimum absolute atomic E-state index is 0.169. The third-order valence-corrected chi connectivity index (χ3v) is 8.17. The Bertz CT molecular complexity index is 1160. The van der Waals surface area contributed by atoms with Crippen molar-refractivity contribution in [2.45, 2.75) is 31.8 Å². The Morgan fingerprint density at radius 3 is 2.42 bits per heavy atom. The molecule has 0 saturated heterocycles. The van der Waals surface area contributed by atoms with E-state index in [0.717, 1.165) is 29.1 Å². The van der Waals surface area contributed by atoms with Gasteiger partial charge in [0.05, 0.1) is 25.5 Å². The number of anilines is 2. The molecule has 1 aromatic heterocycles. The number of carbonyl (C=O) groups is 1. The minimum Gasteiger partial charge on any atom is -0.383 e. The van der Waals surface area contributed by atoms with Crippen molar-refractivity contribution in [3.63, 3.8) is 0 Å². The summed E-state index contributed by atoms with van der Waals surface area (Å²) in [4.78, 5) is 20.3. The first-order chi connectivity index (χ1) is 18.0. The molecule has 3 N–H and O–H groups in total. The van der Waals surface area contributed by atoms with Gasteiger partial charge in [-0.25, -0.2) is 13.4 Å². The lowest BCUT2D eigenvalue weighted by molar-refractivity contribution is 0.0913. The van der Waals surface area contributed by atoms with E-state index in [9.17, 15) is 13.2 Å². The predicted octanol–water partition coefficient (Wildman–Crippen LogP) is 1.90. The maximum atomic E-state index is 13.6. The van der Waals surface area contributed by atoms with Gasteiger partial charge in [-0.05, 0) is 42.4 Å². The Balaban J connectivity index is 1.96. The summed E-state index contributed by atoms with van der Waals surface area (Å²) in [5.74, 6) is 1.47. The average molecular weight is 548 g/mol. The summed E-state index contributed by atoms with van der Waals surface area (Å²) >= 11 is 0. The molecule has 0 radical (unpaired) electrons. The number of nitrogens with two attached hydrogens (primary N) is 1. The van der Waals surface area contributed by atoms with Crippen LogP contribution < -0.4 is 20.3 Å². The monoisotopic (exact) mass is 547 g/mol. The zero-order valence-corrected chi connectivity index (χ0v) is 23.8. The van der Waals surface area contributed by atoms with Crippen molar-refractivity contribution < 1.29 is 22.7 Å². The van der Waals surface area contributed by atoms with Crippen molar-refractivity contribution in [3.8, 4) is 0 Å². The van der Waals surface area contributed by atoms with Crippen LogP contribution in [0, 0.1) is 11.8 Å². The fraction of sp³-hybridized carbons (Fsp3) is 0.556. The molecule has 0 spiro atoms. The number of hydrogen-bond acceptors (Lipinski definition) is 8. The van der Waals surface area contributed by atoms with Gasteiger partial charge >= 0.3 is 0 Å². The molecule has 3 rings (SSSR count). The topological polar surface area (TPSA) is 127 Å². The number of aromatic nitrogens is 1. The van der Waals surface area contributed by atoms with Crippen molar-refractivity contribution in [3.05, 3.63) is 53.6 Å². The Hall–Kier alpha value is -2.73. The Kier molecular flexibility index (Phi) is 10.5. The minimum atomic E-state index is -3.60. The Morgan fingerprint density at radius 1 is 1.18 bits per heavy atom. The highest BCUT2D eigenvalue weighted by atomic mass is 32.2. The summed E-state index contributed by atoms with van der Waals surface area (Å²) in [6, 6.07) is 12.1. The van der Waals surface area contributed by atoms with Crippen LogP contribution in [0.15, 0.2) is 42.5 Å². The van der Waals surface area contributed by atoms with Crippen molar-refractivity contribution in [2.24, 2.45) is 17.6 Å². The number of carbonyl (C=O) groups excluding carboxylic acids is 1. The van der Waals surface area contributed by atoms with Gasteiger partial charge in [0.25, 0.3) is 5.91 Å². The number of nitrogens with zero attached hydrogens (tertiary/aromatic N) is 3. The lowest BCUT2D eigenvalue weighted by Gasteiger charge is -2.27. The first kappa shape index (κ1) is 29.8. The molecule has 0 aliphatic heterocycles. The maximum Gasteiger partial charge on any atom is 0.251 e. The fourth-order valence-corrected chi connectivity index (χ4v) is 4.73. The summed E-state index contributed by atoms with van der Waals surface area (Å²) < 4.78 is 36.4. The van der Waals surface area contributed by atoms with Crippen LogP contribution in [0.4, 0.5) is 11.6 Å². The Labute approximate surface area is 226 Å². The van der Waals surface area contributed by atoms with Gasteiger partial charge in [-0.15, -0.1) is 0 Å². The van der Waals surface area contributed by atoms with E-state index in [1.54, 1.807) is 20.3 Å². The first-order valence-corrected chi connectivity index (χ1v) is 14.7. The molecule has 11 heteroatoms. The standard InChI is InChI=1S/C27H41N5O5S/c1-19-13-22(19)17-32(11-12-36-3)26-16-21(15-25(30-26)31(2)38(5,34)35)27(33)29-24(23(28)18-37-4)14-20-9-7-6-8-10-20/h6-10,15-16,19,22-24H,11-14,17-18,28H2,1-5H3,(H,29,33)/t19?,22?,23?,24-/m0/s1. The van der Waals surface area contributed by atoms with Gasteiger partial charge in [-0.1, -0.05) is 37.3 Å². The van der Waals surface area contributed by atoms with Crippen molar-refractivity contribution in [2.75, 3.05) is 63.0 Å². The van der Waals surface area contributed by atoms with E-state index < -0.39 is 22.1 Å². The third kappa shape index (κ3) is 8.39. The lowest BCUT2D eigenvalue weighted by atomic mass is 9.99. The second-order valence-corrected chi connectivity index (χ2v) is 12.1. The van der Waals surface area contributed by atoms with Gasteiger partial charge in [-0.3, -0.25) is 9.10 Å². The molecular formula is C27H41N5O5S. The average Bonchev–Trinajstić information content (AvgIpc) is 3.59. The van der Waals surface area contributed by atoms with E-state index in [1.807, 2.05) is 30.3 Å². The summed E-state index contributed by atoms with van der Waals surface area (Å²) in [6.45, 7) is 4.26. The van der Waals surface area contributed by atoms with E-state index in [4.69, 9.17) is 15.2 Å². The van der Waals surface area contributed by atoms with E-state index in [0.29, 0.717) is 42.8 Å². The van der Waals surface area contributed by atoms with Gasteiger partial charge in [0.15, 0.2) is 0 Å². The SMILES string of the molecule is COCCN(CC1CC1C)c1cc(C(=O)N[C@@H](Cc2ccccc2)C(N)COC)cc(N(C)S(C)(=O)=O)n1. The molecule has 1 saturated carbocycles. The molecule has 0 bridgehead atoms. The van der Waals surface area contributed by atoms with Crippen molar-refractivity contribution in [1.29, 1.82) is 0 Å². The van der Waals surface area contributed by atoms with Crippen molar-refractivity contribution in [1.82, 2.24) is 10.3 Å². The quantitative estimate of drug-likeness (QED) is 0.346. The zero-order valence-electron chi connectivity index (χ0n) is 23.0. The fourth-order valence-electron chi connectivity index (χ4n) is 4.30. The van der Waals surface area contributed by atoms with Crippen molar-refractivity contribution >= 4 is 27.6 Å². The molecular weight excluding hydrogens is 506 g/mol. The molecule has 38 heavy (non-hydrogen) atoms. The molecule has 10 nitrogen and oxygen atoms in total. The van der Waals surface area contributed by atoms with Crippen LogP contribution in [0.2, 0.25) is 0 Å². The highest BCUT2D eigenvalue weighted by Gasteiger charge is 2.34. The van der Waals surface area contributed by atoms with Gasteiger partial charge in [-0.2, -0.15) is 0 Å². The summed E-state index contributed by atoms with van der Waals surface area (Å²) in [6.07, 6.45) is 2.75. The van der Waals surface area contributed by atoms with E-state index in [-0.39, 0.29) is 18.3 Å². The number of sulfonamides is 1. The van der Waals surface area contributed by atoms with E-state index in [2.05, 4.69) is 22.1 Å². The van der Waals surface area contributed by atoms with Crippen LogP contribution >= 0.6 is 0 Å². The smallest absolute Gasteiger partial charge is 0.251 e. The number of amides is 1. The molecule has 1 aromatic carbocycles. The Morgan fingerprint density at radius 2 is 1.84 bits per heavy atom. The second-order valence-electron chi connectivity index (χ2n) is 10.1. The number of pyridine rings is 1. The molecule has 4 atom stereocenters. The van der Waals surface area contributed by atoms with Gasteiger partial charge < -0.3 is 25.4 Å². The van der Waals surface area contributed by atoms with Crippen LogP contribution in [0.1, 0.15) is 29.3 Å². The number of benzene rings is 1. The van der Waals surface area contributed by atoms with E-state index in [1.165, 1.54) is 13.1 Å². The number of nitrogens with one attached hydrogen (secondary N) is 1. The first-order valence-electron chi connectivity index (χ1n) is 12.8. The highest BCUT2D eigenvalue weighted by molar-refractivity contribution is 7.92. The third-order valence-electron chi connectivity index (χ3n) is 6.99. The maximum absolute atomic E-state index is 13.6. The summed E-state index contributed by atoms with van der Waals surface area (Å²) in [7, 11) is 1.03. The molecule has 1 aliphatic carbocycles. The summed E-state index contributed by atoms with van der Waals surface area (Å²) in [5.41, 5.74) is 7.71. The molecule has 1 amide bonds. The second kappa shape index (κ2) is 13.4. The van der Waals surface area contributed by atoms with Crippen LogP contribution in [0.25, 0.3) is 0 Å². The molecule has 1 heterocycles. The molecule has 1 fully saturated rings. The molecule has 3 unspecified atom stereocenters. The lowest BCUT2D eigenvalue weighted by Crippen LogP contribution is -2.51. The molecule has 210 valence electrons. The largest absolute Gasteiger partial charge is 0.383 e.